The maximum atomic E-state index is 12.4. The van der Waals surface area contributed by atoms with Crippen LogP contribution >= 0.6 is 11.3 Å². The van der Waals surface area contributed by atoms with Crippen molar-refractivity contribution in [1.29, 1.82) is 0 Å². The molecule has 0 spiro atoms. The highest BCUT2D eigenvalue weighted by Gasteiger charge is 2.28. The smallest absolute Gasteiger partial charge is 0.321 e. The third kappa shape index (κ3) is 3.57. The Balaban J connectivity index is 1.40. The molecular formula is C17H19N7OS. The van der Waals surface area contributed by atoms with E-state index < -0.39 is 0 Å². The van der Waals surface area contributed by atoms with Crippen LogP contribution in [0.2, 0.25) is 0 Å². The Morgan fingerprint density at radius 1 is 1.35 bits per heavy atom. The molecule has 1 saturated carbocycles. The molecule has 8 nitrogen and oxygen atoms in total. The van der Waals surface area contributed by atoms with E-state index in [9.17, 15) is 4.79 Å². The van der Waals surface area contributed by atoms with Gasteiger partial charge in [0, 0.05) is 29.4 Å². The van der Waals surface area contributed by atoms with E-state index in [1.165, 1.54) is 0 Å². The largest absolute Gasteiger partial charge is 0.322 e. The Labute approximate surface area is 154 Å². The van der Waals surface area contributed by atoms with Crippen LogP contribution in [0.1, 0.15) is 28.8 Å². The van der Waals surface area contributed by atoms with Crippen LogP contribution in [0.15, 0.2) is 30.5 Å². The van der Waals surface area contributed by atoms with Gasteiger partial charge in [-0.3, -0.25) is 0 Å². The molecule has 2 aromatic heterocycles. The van der Waals surface area contributed by atoms with Gasteiger partial charge in [-0.05, 0) is 54.5 Å². The topological polar surface area (TPSA) is 88.8 Å². The normalized spacial score (nSPS) is 13.6. The molecule has 0 unspecified atom stereocenters. The van der Waals surface area contributed by atoms with Gasteiger partial charge in [0.15, 0.2) is 5.82 Å². The fourth-order valence-corrected chi connectivity index (χ4v) is 3.50. The number of aryl methyl sites for hydroxylation is 1. The van der Waals surface area contributed by atoms with Crippen LogP contribution in [0.5, 0.6) is 0 Å². The van der Waals surface area contributed by atoms with Gasteiger partial charge in [0.1, 0.15) is 0 Å². The predicted octanol–water partition coefficient (Wildman–Crippen LogP) is 3.10. The number of tetrazole rings is 1. The predicted molar refractivity (Wildman–Crippen MR) is 98.9 cm³/mol. The number of carbonyl (C=O) groups excluding carboxylic acids is 1. The van der Waals surface area contributed by atoms with Gasteiger partial charge in [-0.1, -0.05) is 0 Å². The second kappa shape index (κ2) is 6.83. The number of benzene rings is 1. The van der Waals surface area contributed by atoms with Crippen molar-refractivity contribution in [1.82, 2.24) is 30.1 Å². The second-order valence-electron chi connectivity index (χ2n) is 6.39. The van der Waals surface area contributed by atoms with Crippen LogP contribution in [0.25, 0.3) is 11.4 Å². The van der Waals surface area contributed by atoms with Crippen LogP contribution in [-0.4, -0.2) is 43.2 Å². The summed E-state index contributed by atoms with van der Waals surface area (Å²) in [7, 11) is 1.77. The van der Waals surface area contributed by atoms with Gasteiger partial charge in [0.05, 0.1) is 17.6 Å². The lowest BCUT2D eigenvalue weighted by Gasteiger charge is -2.17. The minimum Gasteiger partial charge on any atom is -0.322 e. The lowest BCUT2D eigenvalue weighted by atomic mass is 10.2. The second-order valence-corrected chi connectivity index (χ2v) is 7.71. The number of anilines is 1. The molecule has 0 atom stereocenters. The molecule has 26 heavy (non-hydrogen) atoms. The summed E-state index contributed by atoms with van der Waals surface area (Å²) in [5.74, 6) is 0.767. The van der Waals surface area contributed by atoms with Gasteiger partial charge < -0.3 is 10.2 Å². The molecule has 3 aromatic rings. The molecule has 1 fully saturated rings. The van der Waals surface area contributed by atoms with Gasteiger partial charge in [-0.2, -0.15) is 0 Å². The minimum absolute atomic E-state index is 0.161. The molecule has 2 heterocycles. The molecule has 1 N–H and O–H groups in total. The molecule has 0 saturated heterocycles. The van der Waals surface area contributed by atoms with Gasteiger partial charge in [0.2, 0.25) is 0 Å². The van der Waals surface area contributed by atoms with Crippen molar-refractivity contribution < 1.29 is 4.79 Å². The summed E-state index contributed by atoms with van der Waals surface area (Å²) in [4.78, 5) is 19.3. The monoisotopic (exact) mass is 369 g/mol. The number of nitrogens with zero attached hydrogens (tertiary/aromatic N) is 6. The Morgan fingerprint density at radius 3 is 2.77 bits per heavy atom. The summed E-state index contributed by atoms with van der Waals surface area (Å²) in [5.41, 5.74) is 1.67. The highest BCUT2D eigenvalue weighted by molar-refractivity contribution is 7.11. The number of amides is 2. The number of carbonyl (C=O) groups is 1. The van der Waals surface area contributed by atoms with Gasteiger partial charge in [-0.15, -0.1) is 16.4 Å². The highest BCUT2D eigenvalue weighted by Crippen LogP contribution is 2.36. The molecule has 4 rings (SSSR count). The van der Waals surface area contributed by atoms with Crippen molar-refractivity contribution in [2.24, 2.45) is 0 Å². The van der Waals surface area contributed by atoms with Crippen LogP contribution in [0.4, 0.5) is 10.5 Å². The first-order chi connectivity index (χ1) is 12.6. The Hall–Kier alpha value is -2.81. The van der Waals surface area contributed by atoms with Crippen LogP contribution in [0, 0.1) is 6.92 Å². The lowest BCUT2D eigenvalue weighted by Crippen LogP contribution is -2.30. The van der Waals surface area contributed by atoms with E-state index in [0.29, 0.717) is 12.6 Å². The number of thiazole rings is 1. The van der Waals surface area contributed by atoms with Crippen molar-refractivity contribution in [3.63, 3.8) is 0 Å². The summed E-state index contributed by atoms with van der Waals surface area (Å²) in [5, 5.41) is 15.9. The molecule has 9 heteroatoms. The fourth-order valence-electron chi connectivity index (χ4n) is 2.65. The van der Waals surface area contributed by atoms with Crippen LogP contribution in [-0.2, 0) is 6.54 Å². The molecule has 1 aromatic carbocycles. The Morgan fingerprint density at radius 2 is 2.12 bits per heavy atom. The summed E-state index contributed by atoms with van der Waals surface area (Å²) < 4.78 is 1.87. The van der Waals surface area contributed by atoms with Crippen LogP contribution < -0.4 is 5.32 Å². The van der Waals surface area contributed by atoms with E-state index in [4.69, 9.17) is 0 Å². The zero-order valence-corrected chi connectivity index (χ0v) is 15.4. The van der Waals surface area contributed by atoms with E-state index in [2.05, 4.69) is 25.8 Å². The third-order valence-electron chi connectivity index (χ3n) is 4.19. The first-order valence-electron chi connectivity index (χ1n) is 8.42. The SMILES string of the molecule is Cc1ncc(CN(C)C(=O)Nc2ccc(-c3nnnn3C3CC3)cc2)s1. The quantitative estimate of drug-likeness (QED) is 0.746. The third-order valence-corrected chi connectivity index (χ3v) is 5.09. The van der Waals surface area contributed by atoms with E-state index >= 15 is 0 Å². The number of hydrogen-bond acceptors (Lipinski definition) is 6. The summed E-state index contributed by atoms with van der Waals surface area (Å²) >= 11 is 1.59. The average molecular weight is 369 g/mol. The van der Waals surface area contributed by atoms with Crippen molar-refractivity contribution in [3.8, 4) is 11.4 Å². The zero-order valence-electron chi connectivity index (χ0n) is 14.6. The Bertz CT molecular complexity index is 913. The van der Waals surface area contributed by atoms with E-state index in [0.717, 1.165) is 39.8 Å². The minimum atomic E-state index is -0.161. The molecule has 0 radical (unpaired) electrons. The van der Waals surface area contributed by atoms with E-state index in [-0.39, 0.29) is 6.03 Å². The maximum absolute atomic E-state index is 12.4. The first kappa shape index (κ1) is 16.6. The van der Waals surface area contributed by atoms with Gasteiger partial charge in [-0.25, -0.2) is 14.5 Å². The fraction of sp³-hybridized carbons (Fsp3) is 0.353. The van der Waals surface area contributed by atoms with Gasteiger partial charge in [0.25, 0.3) is 0 Å². The molecule has 134 valence electrons. The molecule has 2 amide bonds. The van der Waals surface area contributed by atoms with Crippen LogP contribution in [0.3, 0.4) is 0 Å². The molecular weight excluding hydrogens is 350 g/mol. The lowest BCUT2D eigenvalue weighted by molar-refractivity contribution is 0.221. The number of aromatic nitrogens is 5. The summed E-state index contributed by atoms with van der Waals surface area (Å²) in [6, 6.07) is 7.84. The van der Waals surface area contributed by atoms with Crippen molar-refractivity contribution in [2.75, 3.05) is 12.4 Å². The zero-order chi connectivity index (χ0) is 18.1. The Kier molecular flexibility index (Phi) is 4.37. The summed E-state index contributed by atoms with van der Waals surface area (Å²) in [6.45, 7) is 2.49. The molecule has 1 aliphatic carbocycles. The first-order valence-corrected chi connectivity index (χ1v) is 9.23. The molecule has 0 aliphatic heterocycles. The number of rotatable bonds is 5. The average Bonchev–Trinajstić information content (AvgIpc) is 3.22. The van der Waals surface area contributed by atoms with Crippen molar-refractivity contribution in [3.05, 3.63) is 40.3 Å². The van der Waals surface area contributed by atoms with E-state index in [1.807, 2.05) is 42.1 Å². The van der Waals surface area contributed by atoms with Gasteiger partial charge >= 0.3 is 6.03 Å². The van der Waals surface area contributed by atoms with E-state index in [1.54, 1.807) is 23.3 Å². The maximum Gasteiger partial charge on any atom is 0.321 e. The molecule has 1 aliphatic rings. The number of urea groups is 1. The molecule has 0 bridgehead atoms. The highest BCUT2D eigenvalue weighted by atomic mass is 32.1. The number of hydrogen-bond donors (Lipinski definition) is 1. The summed E-state index contributed by atoms with van der Waals surface area (Å²) in [6.07, 6.45) is 4.05. The number of nitrogens with one attached hydrogen (secondary N) is 1. The standard InChI is InChI=1S/C17H19N7OS/c1-11-18-9-15(26-11)10-23(2)17(25)19-13-5-3-12(4-6-13)16-20-21-22-24(16)14-7-8-14/h3-6,9,14H,7-8,10H2,1-2H3,(H,19,25). The van der Waals surface area contributed by atoms with Crippen molar-refractivity contribution >= 4 is 23.1 Å². The van der Waals surface area contributed by atoms with Crippen molar-refractivity contribution in [2.45, 2.75) is 32.4 Å².